The van der Waals surface area contributed by atoms with Crippen molar-refractivity contribution in [2.45, 2.75) is 52.4 Å². The van der Waals surface area contributed by atoms with Crippen LogP contribution in [-0.4, -0.2) is 12.6 Å². The molecule has 0 aromatic carbocycles. The molecular weight excluding hydrogens is 192 g/mol. The summed E-state index contributed by atoms with van der Waals surface area (Å²) < 4.78 is 0. The lowest BCUT2D eigenvalue weighted by atomic mass is 10.2. The Morgan fingerprint density at radius 2 is 1.87 bits per heavy atom. The van der Waals surface area contributed by atoms with Crippen molar-refractivity contribution >= 4 is 5.97 Å². The molecule has 15 heavy (non-hydrogen) atoms. The second-order valence-electron chi connectivity index (χ2n) is 3.23. The van der Waals surface area contributed by atoms with Gasteiger partial charge in [-0.2, -0.15) is 4.89 Å². The molecule has 86 valence electrons. The van der Waals surface area contributed by atoms with E-state index in [9.17, 15) is 4.79 Å². The summed E-state index contributed by atoms with van der Waals surface area (Å²) in [6.45, 7) is 4.41. The molecule has 0 aromatic heterocycles. The van der Waals surface area contributed by atoms with Crippen molar-refractivity contribution in [3.05, 3.63) is 0 Å². The zero-order chi connectivity index (χ0) is 11.4. The zero-order valence-electron chi connectivity index (χ0n) is 9.67. The SMILES string of the molecule is CCCCC#CCCOOC(=O)CCC. The van der Waals surface area contributed by atoms with Crippen molar-refractivity contribution in [1.29, 1.82) is 0 Å². The van der Waals surface area contributed by atoms with E-state index >= 15 is 0 Å². The van der Waals surface area contributed by atoms with Gasteiger partial charge in [-0.15, -0.1) is 11.8 Å². The molecule has 3 heteroatoms. The van der Waals surface area contributed by atoms with Crippen LogP contribution in [0.15, 0.2) is 0 Å². The first-order chi connectivity index (χ1) is 7.31. The minimum Gasteiger partial charge on any atom is -0.298 e. The van der Waals surface area contributed by atoms with Crippen LogP contribution in [0.5, 0.6) is 0 Å². The van der Waals surface area contributed by atoms with Crippen molar-refractivity contribution in [3.63, 3.8) is 0 Å². The highest BCUT2D eigenvalue weighted by Gasteiger charge is 2.00. The first kappa shape index (κ1) is 14.0. The van der Waals surface area contributed by atoms with Crippen LogP contribution in [0.3, 0.4) is 0 Å². The number of carbonyl (C=O) groups excluding carboxylic acids is 1. The maximum absolute atomic E-state index is 10.8. The third-order valence-electron chi connectivity index (χ3n) is 1.70. The highest BCUT2D eigenvalue weighted by Crippen LogP contribution is 1.93. The summed E-state index contributed by atoms with van der Waals surface area (Å²) in [6, 6.07) is 0. The van der Waals surface area contributed by atoms with E-state index in [0.717, 1.165) is 19.3 Å². The van der Waals surface area contributed by atoms with E-state index in [1.54, 1.807) is 0 Å². The van der Waals surface area contributed by atoms with Gasteiger partial charge in [0.1, 0.15) is 6.61 Å². The van der Waals surface area contributed by atoms with E-state index in [2.05, 4.69) is 23.7 Å². The van der Waals surface area contributed by atoms with E-state index in [1.807, 2.05) is 6.92 Å². The van der Waals surface area contributed by atoms with Crippen molar-refractivity contribution in [3.8, 4) is 11.8 Å². The Bertz CT molecular complexity index is 213. The molecule has 0 aromatic rings. The molecule has 0 N–H and O–H groups in total. The monoisotopic (exact) mass is 212 g/mol. The van der Waals surface area contributed by atoms with Crippen LogP contribution in [0.4, 0.5) is 0 Å². The number of hydrogen-bond acceptors (Lipinski definition) is 3. The van der Waals surface area contributed by atoms with Gasteiger partial charge in [-0.1, -0.05) is 20.3 Å². The molecule has 0 bridgehead atoms. The summed E-state index contributed by atoms with van der Waals surface area (Å²) in [5.41, 5.74) is 0. The second-order valence-corrected chi connectivity index (χ2v) is 3.23. The van der Waals surface area contributed by atoms with Gasteiger partial charge in [0.15, 0.2) is 0 Å². The molecule has 0 spiro atoms. The van der Waals surface area contributed by atoms with Crippen LogP contribution in [-0.2, 0) is 14.6 Å². The van der Waals surface area contributed by atoms with Gasteiger partial charge in [-0.25, -0.2) is 4.79 Å². The molecule has 0 rings (SSSR count). The van der Waals surface area contributed by atoms with Crippen molar-refractivity contribution < 1.29 is 14.6 Å². The standard InChI is InChI=1S/C12H20O3/c1-3-5-6-7-8-9-11-14-15-12(13)10-4-2/h3-6,9-11H2,1-2H3. The normalized spacial score (nSPS) is 9.20. The molecule has 0 saturated heterocycles. The van der Waals surface area contributed by atoms with E-state index in [4.69, 9.17) is 4.89 Å². The lowest BCUT2D eigenvalue weighted by Crippen LogP contribution is -2.05. The number of rotatable bonds is 7. The third kappa shape index (κ3) is 10.9. The Labute approximate surface area is 92.1 Å². The summed E-state index contributed by atoms with van der Waals surface area (Å²) in [6.07, 6.45) is 5.04. The zero-order valence-corrected chi connectivity index (χ0v) is 9.67. The summed E-state index contributed by atoms with van der Waals surface area (Å²) in [5, 5.41) is 0. The van der Waals surface area contributed by atoms with E-state index < -0.39 is 0 Å². The predicted octanol–water partition coefficient (Wildman–Crippen LogP) is 2.85. The maximum atomic E-state index is 10.8. The highest BCUT2D eigenvalue weighted by molar-refractivity contribution is 5.68. The highest BCUT2D eigenvalue weighted by atomic mass is 17.2. The summed E-state index contributed by atoms with van der Waals surface area (Å²) in [4.78, 5) is 20.0. The average Bonchev–Trinajstić information content (AvgIpc) is 2.22. The Balaban J connectivity index is 3.22. The van der Waals surface area contributed by atoms with E-state index in [1.165, 1.54) is 6.42 Å². The van der Waals surface area contributed by atoms with E-state index in [-0.39, 0.29) is 5.97 Å². The molecule has 0 aliphatic carbocycles. The van der Waals surface area contributed by atoms with Crippen LogP contribution in [0.1, 0.15) is 52.4 Å². The van der Waals surface area contributed by atoms with Gasteiger partial charge in [0.05, 0.1) is 0 Å². The van der Waals surface area contributed by atoms with Gasteiger partial charge in [-0.3, -0.25) is 4.89 Å². The van der Waals surface area contributed by atoms with Crippen molar-refractivity contribution in [2.24, 2.45) is 0 Å². The Kier molecular flexibility index (Phi) is 10.3. The Morgan fingerprint density at radius 3 is 2.53 bits per heavy atom. The van der Waals surface area contributed by atoms with Gasteiger partial charge in [0, 0.05) is 19.3 Å². The minimum atomic E-state index is -0.309. The van der Waals surface area contributed by atoms with Gasteiger partial charge in [0.2, 0.25) is 0 Å². The fourth-order valence-corrected chi connectivity index (χ4v) is 0.888. The van der Waals surface area contributed by atoms with Gasteiger partial charge in [0.25, 0.3) is 0 Å². The molecule has 0 atom stereocenters. The lowest BCUT2D eigenvalue weighted by Gasteiger charge is -1.99. The van der Waals surface area contributed by atoms with Crippen LogP contribution in [0.2, 0.25) is 0 Å². The van der Waals surface area contributed by atoms with Gasteiger partial charge in [-0.05, 0) is 12.8 Å². The number of hydrogen-bond donors (Lipinski definition) is 0. The minimum absolute atomic E-state index is 0.309. The van der Waals surface area contributed by atoms with Crippen molar-refractivity contribution in [1.82, 2.24) is 0 Å². The average molecular weight is 212 g/mol. The van der Waals surface area contributed by atoms with Crippen LogP contribution >= 0.6 is 0 Å². The summed E-state index contributed by atoms with van der Waals surface area (Å²) in [5.74, 6) is 5.68. The Morgan fingerprint density at radius 1 is 1.13 bits per heavy atom. The summed E-state index contributed by atoms with van der Waals surface area (Å²) in [7, 11) is 0. The fourth-order valence-electron chi connectivity index (χ4n) is 0.888. The lowest BCUT2D eigenvalue weighted by molar-refractivity contribution is -0.271. The van der Waals surface area contributed by atoms with Gasteiger partial charge >= 0.3 is 5.97 Å². The van der Waals surface area contributed by atoms with Crippen LogP contribution in [0.25, 0.3) is 0 Å². The van der Waals surface area contributed by atoms with Gasteiger partial charge < -0.3 is 0 Å². The Hall–Kier alpha value is -1.01. The molecule has 0 aliphatic heterocycles. The fraction of sp³-hybridized carbons (Fsp3) is 0.750. The smallest absolute Gasteiger partial charge is 0.298 e. The molecule has 0 heterocycles. The largest absolute Gasteiger partial charge is 0.342 e. The molecule has 0 fully saturated rings. The second kappa shape index (κ2) is 11.1. The number of carbonyl (C=O) groups is 1. The molecule has 0 unspecified atom stereocenters. The predicted molar refractivity (Wildman–Crippen MR) is 58.9 cm³/mol. The van der Waals surface area contributed by atoms with Crippen molar-refractivity contribution in [2.75, 3.05) is 6.61 Å². The van der Waals surface area contributed by atoms with Crippen LogP contribution in [0, 0.1) is 11.8 Å². The molecule has 0 radical (unpaired) electrons. The number of unbranched alkanes of at least 4 members (excludes halogenated alkanes) is 2. The molecule has 3 nitrogen and oxygen atoms in total. The molecule has 0 aliphatic rings. The third-order valence-corrected chi connectivity index (χ3v) is 1.70. The molecule has 0 saturated carbocycles. The maximum Gasteiger partial charge on any atom is 0.342 e. The topological polar surface area (TPSA) is 35.5 Å². The molecule has 0 amide bonds. The first-order valence-corrected chi connectivity index (χ1v) is 5.59. The summed E-state index contributed by atoms with van der Waals surface area (Å²) >= 11 is 0. The first-order valence-electron chi connectivity index (χ1n) is 5.59. The van der Waals surface area contributed by atoms with Crippen LogP contribution < -0.4 is 0 Å². The quantitative estimate of drug-likeness (QED) is 0.282. The van der Waals surface area contributed by atoms with E-state index in [0.29, 0.717) is 19.4 Å². The molecular formula is C12H20O3.